The SMILES string of the molecule is CC(C)(C#Cc1ccc(-c2ccc(Cl)c3c(N(C(=O)N4CCC[C@H]4CN)S(C)(=O)=O)nn(CC(F)(F)F)c23)c(C(Cc2cc(F)cc(F)c2)NC(=O)Cn2nc(C(F)(F)F)c3c2C(F)(F)[C@@H]2C[C@H]32)n1)S(C)(=O)=O. The predicted octanol–water partition coefficient (Wildman–Crippen LogP) is 7.60. The molecule has 2 aromatic carbocycles. The molecular formula is C45H42ClF10N9O6S2. The van der Waals surface area contributed by atoms with Gasteiger partial charge in [0.2, 0.25) is 15.9 Å². The van der Waals surface area contributed by atoms with Crippen LogP contribution in [-0.2, 0) is 56.3 Å². The molecule has 3 aliphatic rings. The number of urea groups is 1. The van der Waals surface area contributed by atoms with E-state index >= 15 is 8.78 Å². The smallest absolute Gasteiger partial charge is 0.346 e. The molecule has 0 bridgehead atoms. The predicted molar refractivity (Wildman–Crippen MR) is 244 cm³/mol. The lowest BCUT2D eigenvalue weighted by Gasteiger charge is -2.29. The minimum atomic E-state index is -5.22. The number of alkyl halides is 8. The van der Waals surface area contributed by atoms with Crippen molar-refractivity contribution in [2.45, 2.75) is 93.6 Å². The monoisotopic (exact) mass is 1090 g/mol. The third kappa shape index (κ3) is 10.3. The van der Waals surface area contributed by atoms with Crippen LogP contribution in [-0.4, -0.2) is 101 Å². The number of rotatable bonds is 12. The second-order valence-corrected chi connectivity index (χ2v) is 23.4. The minimum absolute atomic E-state index is 0.0106. The number of nitrogens with two attached hydrogens (primary N) is 1. The Kier molecular flexibility index (Phi) is 13.5. The summed E-state index contributed by atoms with van der Waals surface area (Å²) in [7, 11) is -8.67. The van der Waals surface area contributed by atoms with E-state index in [0.29, 0.717) is 29.8 Å². The Morgan fingerprint density at radius 3 is 2.23 bits per heavy atom. The molecule has 73 heavy (non-hydrogen) atoms. The Morgan fingerprint density at radius 1 is 0.973 bits per heavy atom. The number of sulfone groups is 1. The zero-order valence-corrected chi connectivity index (χ0v) is 41.0. The first-order chi connectivity index (χ1) is 33.7. The fourth-order valence-electron chi connectivity index (χ4n) is 9.24. The topological polar surface area (TPSA) is 195 Å². The molecule has 1 saturated carbocycles. The van der Waals surface area contributed by atoms with Crippen LogP contribution in [0.3, 0.4) is 0 Å². The summed E-state index contributed by atoms with van der Waals surface area (Å²) in [6.07, 6.45) is -9.04. The number of nitrogens with one attached hydrogen (secondary N) is 1. The summed E-state index contributed by atoms with van der Waals surface area (Å²) in [6, 6.07) is 3.05. The number of amides is 3. The van der Waals surface area contributed by atoms with Crippen molar-refractivity contribution in [3.63, 3.8) is 0 Å². The number of sulfonamides is 1. The zero-order chi connectivity index (χ0) is 53.7. The first-order valence-corrected chi connectivity index (χ1v) is 26.1. The van der Waals surface area contributed by atoms with Crippen LogP contribution in [0.4, 0.5) is 54.5 Å². The van der Waals surface area contributed by atoms with Gasteiger partial charge >= 0.3 is 18.4 Å². The van der Waals surface area contributed by atoms with Crippen molar-refractivity contribution >= 4 is 60.1 Å². The summed E-state index contributed by atoms with van der Waals surface area (Å²) in [5.74, 6) is -5.85. The van der Waals surface area contributed by atoms with Crippen LogP contribution >= 0.6 is 11.6 Å². The lowest BCUT2D eigenvalue weighted by Crippen LogP contribution is -2.50. The molecule has 392 valence electrons. The number of anilines is 1. The first kappa shape index (κ1) is 53.3. The average molecular weight is 1090 g/mol. The van der Waals surface area contributed by atoms with Gasteiger partial charge in [0.15, 0.2) is 21.3 Å². The van der Waals surface area contributed by atoms with E-state index in [9.17, 15) is 61.5 Å². The molecule has 2 aliphatic carbocycles. The van der Waals surface area contributed by atoms with Gasteiger partial charge in [0.05, 0.1) is 33.9 Å². The molecule has 0 spiro atoms. The number of benzene rings is 2. The summed E-state index contributed by atoms with van der Waals surface area (Å²) in [5.41, 5.74) is 0.157. The minimum Gasteiger partial charge on any atom is -0.346 e. The standard InChI is InChI=1S/C45H42ClF10N9O6S2/c1-42(2,72(3,68)69)12-11-25-7-8-27(28-9-10-31(46)35-37(28)64(21-43(49,50)51)61-40(35)65(73(4,70)71)41(67)62-13-5-6-26(62)19-57)36(58-25)32(16-22-14-23(47)17-24(48)15-22)59-33(66)20-63-39-34(38(60-63)45(54,55)56)29-18-30(29)44(39,52)53/h7-10,14-15,17,26,29-30,32H,5-6,13,16,18-21,57H2,1-4H3,(H,59,66)/t26-,29-,30+,32?/m0/s1. The number of carbonyl (C=O) groups is 2. The molecule has 3 N–H and O–H groups in total. The summed E-state index contributed by atoms with van der Waals surface area (Å²) in [4.78, 5) is 34.1. The number of pyridine rings is 1. The van der Waals surface area contributed by atoms with Gasteiger partial charge in [-0.15, -0.1) is 0 Å². The second kappa shape index (κ2) is 18.4. The lowest BCUT2D eigenvalue weighted by atomic mass is 9.93. The van der Waals surface area contributed by atoms with Crippen molar-refractivity contribution < 1.29 is 70.3 Å². The van der Waals surface area contributed by atoms with E-state index in [1.807, 2.05) is 0 Å². The van der Waals surface area contributed by atoms with Gasteiger partial charge in [0.1, 0.15) is 40.9 Å². The van der Waals surface area contributed by atoms with Crippen molar-refractivity contribution in [3.05, 3.63) is 93.0 Å². The molecule has 8 rings (SSSR count). The van der Waals surface area contributed by atoms with Gasteiger partial charge in [-0.05, 0) is 87.3 Å². The number of fused-ring (bicyclic) bond motifs is 4. The maximum absolute atomic E-state index is 15.6. The van der Waals surface area contributed by atoms with E-state index in [-0.39, 0.29) is 50.9 Å². The molecule has 1 aliphatic heterocycles. The summed E-state index contributed by atoms with van der Waals surface area (Å²) < 4.78 is 199. The molecule has 4 heterocycles. The summed E-state index contributed by atoms with van der Waals surface area (Å²) >= 11 is 6.71. The van der Waals surface area contributed by atoms with E-state index < -0.39 is 154 Å². The van der Waals surface area contributed by atoms with Gasteiger partial charge in [-0.3, -0.25) is 14.2 Å². The molecule has 2 fully saturated rings. The fourth-order valence-corrected chi connectivity index (χ4v) is 10.5. The van der Waals surface area contributed by atoms with Crippen LogP contribution in [0.5, 0.6) is 0 Å². The van der Waals surface area contributed by atoms with E-state index in [1.165, 1.54) is 26.0 Å². The number of carbonyl (C=O) groups excluding carboxylic acids is 2. The van der Waals surface area contributed by atoms with Crippen LogP contribution < -0.4 is 15.4 Å². The lowest BCUT2D eigenvalue weighted by molar-refractivity contribution is -0.143. The number of likely N-dealkylation sites (tertiary alicyclic amines) is 1. The molecule has 0 radical (unpaired) electrons. The Bertz CT molecular complexity index is 3370. The van der Waals surface area contributed by atoms with E-state index in [0.717, 1.165) is 35.4 Å². The Balaban J connectivity index is 1.36. The van der Waals surface area contributed by atoms with E-state index in [2.05, 4.69) is 32.3 Å². The van der Waals surface area contributed by atoms with Gasteiger partial charge in [0, 0.05) is 54.1 Å². The van der Waals surface area contributed by atoms with Crippen LogP contribution in [0.15, 0.2) is 42.5 Å². The van der Waals surface area contributed by atoms with Gasteiger partial charge in [-0.2, -0.15) is 49.6 Å². The highest BCUT2D eigenvalue weighted by atomic mass is 35.5. The van der Waals surface area contributed by atoms with Crippen molar-refractivity contribution in [3.8, 4) is 23.0 Å². The zero-order valence-electron chi connectivity index (χ0n) is 38.6. The highest BCUT2D eigenvalue weighted by Crippen LogP contribution is 2.68. The number of halogens is 11. The number of hydrogen-bond acceptors (Lipinski definition) is 10. The number of hydrogen-bond donors (Lipinski definition) is 2. The second-order valence-electron chi connectivity index (χ2n) is 18.6. The molecule has 4 atom stereocenters. The van der Waals surface area contributed by atoms with Gasteiger partial charge in [-0.25, -0.2) is 35.4 Å². The third-order valence-corrected chi connectivity index (χ3v) is 16.2. The maximum Gasteiger partial charge on any atom is 0.435 e. The number of aromatic nitrogens is 5. The highest BCUT2D eigenvalue weighted by Gasteiger charge is 2.68. The normalized spacial score (nSPS) is 19.1. The molecular weight excluding hydrogens is 1050 g/mol. The van der Waals surface area contributed by atoms with Gasteiger partial charge in [-0.1, -0.05) is 23.6 Å². The first-order valence-electron chi connectivity index (χ1n) is 22.0. The quantitative estimate of drug-likeness (QED) is 0.0928. The highest BCUT2D eigenvalue weighted by molar-refractivity contribution is 7.93. The average Bonchev–Trinajstić information content (AvgIpc) is 3.47. The van der Waals surface area contributed by atoms with E-state index in [1.54, 1.807) is 0 Å². The molecule has 28 heteroatoms. The molecule has 3 amide bonds. The Hall–Kier alpha value is -5.98. The molecule has 5 aromatic rings. The van der Waals surface area contributed by atoms with Crippen molar-refractivity contribution in [2.75, 3.05) is 29.9 Å². The maximum atomic E-state index is 15.6. The van der Waals surface area contributed by atoms with Crippen LogP contribution in [0.25, 0.3) is 22.0 Å². The molecule has 3 aromatic heterocycles. The van der Waals surface area contributed by atoms with E-state index in [4.69, 9.17) is 17.3 Å². The largest absolute Gasteiger partial charge is 0.435 e. The van der Waals surface area contributed by atoms with Crippen LogP contribution in [0.2, 0.25) is 5.02 Å². The van der Waals surface area contributed by atoms with Crippen molar-refractivity contribution in [1.82, 2.24) is 34.8 Å². The van der Waals surface area contributed by atoms with Gasteiger partial charge < -0.3 is 16.0 Å². The summed E-state index contributed by atoms with van der Waals surface area (Å²) in [6.45, 7) is -0.841. The fraction of sp³-hybridized carbons (Fsp3) is 0.444. The molecule has 15 nitrogen and oxygen atoms in total. The van der Waals surface area contributed by atoms with Gasteiger partial charge in [0.25, 0.3) is 5.92 Å². The molecule has 1 unspecified atom stereocenters. The molecule has 1 saturated heterocycles. The van der Waals surface area contributed by atoms with Crippen molar-refractivity contribution in [1.29, 1.82) is 0 Å². The third-order valence-electron chi connectivity index (χ3n) is 12.9. The van der Waals surface area contributed by atoms with Crippen LogP contribution in [0, 0.1) is 29.4 Å². The van der Waals surface area contributed by atoms with Crippen LogP contribution in [0.1, 0.15) is 79.0 Å². The summed E-state index contributed by atoms with van der Waals surface area (Å²) in [5, 5.41) is 8.90. The van der Waals surface area contributed by atoms with Crippen molar-refractivity contribution in [2.24, 2.45) is 11.7 Å². The number of nitrogens with zero attached hydrogens (tertiary/aromatic N) is 7. The Labute approximate surface area is 415 Å². The Morgan fingerprint density at radius 2 is 1.63 bits per heavy atom.